The third-order valence-electron chi connectivity index (χ3n) is 3.49. The van der Waals surface area contributed by atoms with Crippen molar-refractivity contribution in [2.75, 3.05) is 0 Å². The maximum Gasteiger partial charge on any atom is 0.131 e. The zero-order valence-electron chi connectivity index (χ0n) is 11.5. The van der Waals surface area contributed by atoms with Crippen molar-refractivity contribution in [1.82, 2.24) is 4.57 Å². The molecule has 0 unspecified atom stereocenters. The van der Waals surface area contributed by atoms with Gasteiger partial charge < -0.3 is 4.57 Å². The molecule has 1 radical (unpaired) electrons. The van der Waals surface area contributed by atoms with E-state index in [1.807, 2.05) is 30.3 Å². The van der Waals surface area contributed by atoms with Gasteiger partial charge in [-0.3, -0.25) is 4.79 Å². The molecule has 3 aromatic rings. The minimum Gasteiger partial charge on any atom is -0.346 e. The zero-order valence-corrected chi connectivity index (χ0v) is 11.5. The third kappa shape index (κ3) is 2.37. The second-order valence-corrected chi connectivity index (χ2v) is 4.98. The van der Waals surface area contributed by atoms with Gasteiger partial charge in [0.2, 0.25) is 0 Å². The molecule has 0 bridgehead atoms. The van der Waals surface area contributed by atoms with Crippen LogP contribution in [0.5, 0.6) is 0 Å². The molecule has 99 valence electrons. The summed E-state index contributed by atoms with van der Waals surface area (Å²) >= 11 is 0. The smallest absolute Gasteiger partial charge is 0.131 e. The lowest BCUT2D eigenvalue weighted by Gasteiger charge is -2.02. The number of Topliss-reactive ketones (excluding diaryl/α,β-unsaturated/α-hetero) is 1. The lowest BCUT2D eigenvalue weighted by atomic mass is 10.1. The molecule has 20 heavy (non-hydrogen) atoms. The van der Waals surface area contributed by atoms with Gasteiger partial charge in [0, 0.05) is 35.6 Å². The van der Waals surface area contributed by atoms with Gasteiger partial charge in [0.05, 0.1) is 0 Å². The van der Waals surface area contributed by atoms with Crippen LogP contribution in [0.2, 0.25) is 0 Å². The third-order valence-corrected chi connectivity index (χ3v) is 3.49. The first-order valence-electron chi connectivity index (χ1n) is 6.80. The Bertz CT molecular complexity index is 740. The van der Waals surface area contributed by atoms with Crippen LogP contribution >= 0.6 is 0 Å². The molecule has 1 aromatic heterocycles. The van der Waals surface area contributed by atoms with Crippen molar-refractivity contribution in [3.8, 4) is 11.1 Å². The van der Waals surface area contributed by atoms with Crippen LogP contribution in [-0.4, -0.2) is 10.4 Å². The van der Waals surface area contributed by atoms with Crippen molar-refractivity contribution in [3.05, 3.63) is 60.8 Å². The van der Waals surface area contributed by atoms with Gasteiger partial charge >= 0.3 is 0 Å². The number of carbonyl (C=O) groups excluding carboxylic acids is 1. The van der Waals surface area contributed by atoms with Crippen molar-refractivity contribution in [2.45, 2.75) is 19.9 Å². The van der Waals surface area contributed by atoms with Crippen LogP contribution in [0.15, 0.2) is 54.7 Å². The standard InChI is InChI=1S/C18H16NO/c1-14(20)11-12-19-13-17(15-7-3-2-4-8-15)16-9-5-6-10-18(16)19/h2-7,9-10,13H,11-12H2,1H3. The first-order valence-corrected chi connectivity index (χ1v) is 6.80. The topological polar surface area (TPSA) is 22.0 Å². The number of nitrogens with zero attached hydrogens (tertiary/aromatic N) is 1. The van der Waals surface area contributed by atoms with Crippen LogP contribution in [0.3, 0.4) is 0 Å². The number of benzene rings is 2. The molecule has 3 rings (SSSR count). The lowest BCUT2D eigenvalue weighted by molar-refractivity contribution is -0.117. The molecule has 2 heteroatoms. The van der Waals surface area contributed by atoms with Crippen LogP contribution in [0.1, 0.15) is 13.3 Å². The van der Waals surface area contributed by atoms with E-state index in [9.17, 15) is 4.79 Å². The molecule has 2 aromatic carbocycles. The number of hydrogen-bond donors (Lipinski definition) is 0. The Balaban J connectivity index is 2.11. The van der Waals surface area contributed by atoms with E-state index < -0.39 is 0 Å². The van der Waals surface area contributed by atoms with E-state index in [2.05, 4.69) is 35.0 Å². The van der Waals surface area contributed by atoms with Crippen LogP contribution in [0.25, 0.3) is 22.0 Å². The van der Waals surface area contributed by atoms with E-state index in [-0.39, 0.29) is 5.78 Å². The molecule has 0 atom stereocenters. The minimum atomic E-state index is 0.218. The van der Waals surface area contributed by atoms with Gasteiger partial charge in [-0.15, -0.1) is 0 Å². The number of aryl methyl sites for hydroxylation is 1. The molecule has 0 saturated carbocycles. The largest absolute Gasteiger partial charge is 0.346 e. The second-order valence-electron chi connectivity index (χ2n) is 4.98. The van der Waals surface area contributed by atoms with Gasteiger partial charge in [-0.2, -0.15) is 0 Å². The van der Waals surface area contributed by atoms with Gasteiger partial charge in [0.25, 0.3) is 0 Å². The SMILES string of the molecule is CC(=O)CCn1cc(-c2[c]cccc2)c2ccccc21. The highest BCUT2D eigenvalue weighted by molar-refractivity contribution is 5.96. The van der Waals surface area contributed by atoms with Crippen LogP contribution in [0.4, 0.5) is 0 Å². The number of rotatable bonds is 4. The Morgan fingerprint density at radius 2 is 1.95 bits per heavy atom. The fourth-order valence-electron chi connectivity index (χ4n) is 2.49. The first-order chi connectivity index (χ1) is 9.75. The fourth-order valence-corrected chi connectivity index (χ4v) is 2.49. The summed E-state index contributed by atoms with van der Waals surface area (Å²) in [4.78, 5) is 11.2. The molecular formula is C18H16NO. The van der Waals surface area contributed by atoms with E-state index in [4.69, 9.17) is 0 Å². The summed E-state index contributed by atoms with van der Waals surface area (Å²) in [5.41, 5.74) is 3.43. The van der Waals surface area contributed by atoms with Gasteiger partial charge in [-0.25, -0.2) is 0 Å². The number of ketones is 1. The predicted octanol–water partition coefficient (Wildman–Crippen LogP) is 4.09. The Morgan fingerprint density at radius 3 is 2.70 bits per heavy atom. The van der Waals surface area contributed by atoms with Crippen molar-refractivity contribution in [1.29, 1.82) is 0 Å². The quantitative estimate of drug-likeness (QED) is 0.694. The molecule has 0 aliphatic carbocycles. The number of carbonyl (C=O) groups is 1. The molecule has 0 spiro atoms. The maximum atomic E-state index is 11.2. The van der Waals surface area contributed by atoms with Crippen LogP contribution in [-0.2, 0) is 11.3 Å². The molecule has 0 amide bonds. The monoisotopic (exact) mass is 262 g/mol. The predicted molar refractivity (Wildman–Crippen MR) is 81.5 cm³/mol. The number of fused-ring (bicyclic) bond motifs is 1. The van der Waals surface area contributed by atoms with Crippen LogP contribution in [0, 0.1) is 6.07 Å². The van der Waals surface area contributed by atoms with E-state index in [1.54, 1.807) is 6.92 Å². The normalized spacial score (nSPS) is 10.8. The molecule has 1 heterocycles. The summed E-state index contributed by atoms with van der Waals surface area (Å²) in [6.45, 7) is 2.36. The maximum absolute atomic E-state index is 11.2. The molecule has 0 saturated heterocycles. The van der Waals surface area contributed by atoms with E-state index in [0.717, 1.165) is 12.1 Å². The van der Waals surface area contributed by atoms with Crippen molar-refractivity contribution in [3.63, 3.8) is 0 Å². The summed E-state index contributed by atoms with van der Waals surface area (Å²) in [5.74, 6) is 0.218. The van der Waals surface area contributed by atoms with Gasteiger partial charge in [-0.05, 0) is 24.6 Å². The summed E-state index contributed by atoms with van der Waals surface area (Å²) in [6.07, 6.45) is 2.69. The summed E-state index contributed by atoms with van der Waals surface area (Å²) in [5, 5.41) is 1.21. The zero-order chi connectivity index (χ0) is 13.9. The summed E-state index contributed by atoms with van der Waals surface area (Å²) in [6, 6.07) is 19.6. The molecular weight excluding hydrogens is 246 g/mol. The Hall–Kier alpha value is -2.35. The molecule has 2 nitrogen and oxygen atoms in total. The summed E-state index contributed by atoms with van der Waals surface area (Å²) in [7, 11) is 0. The number of hydrogen-bond acceptors (Lipinski definition) is 1. The average molecular weight is 262 g/mol. The van der Waals surface area contributed by atoms with E-state index >= 15 is 0 Å². The van der Waals surface area contributed by atoms with Crippen molar-refractivity contribution in [2.24, 2.45) is 0 Å². The Labute approximate surface area is 118 Å². The molecule has 0 aliphatic heterocycles. The fraction of sp³-hybridized carbons (Fsp3) is 0.167. The Morgan fingerprint density at radius 1 is 1.15 bits per heavy atom. The average Bonchev–Trinajstić information content (AvgIpc) is 2.85. The minimum absolute atomic E-state index is 0.218. The molecule has 0 N–H and O–H groups in total. The van der Waals surface area contributed by atoms with Gasteiger partial charge in [0.15, 0.2) is 0 Å². The highest BCUT2D eigenvalue weighted by atomic mass is 16.1. The highest BCUT2D eigenvalue weighted by Gasteiger charge is 2.09. The van der Waals surface area contributed by atoms with Crippen LogP contribution < -0.4 is 0 Å². The number of para-hydroxylation sites is 1. The van der Waals surface area contributed by atoms with Gasteiger partial charge in [-0.1, -0.05) is 42.5 Å². The summed E-state index contributed by atoms with van der Waals surface area (Å²) < 4.78 is 2.16. The van der Waals surface area contributed by atoms with Crippen molar-refractivity contribution < 1.29 is 4.79 Å². The lowest BCUT2D eigenvalue weighted by Crippen LogP contribution is -2.00. The highest BCUT2D eigenvalue weighted by Crippen LogP contribution is 2.30. The molecule has 0 aliphatic rings. The van der Waals surface area contributed by atoms with E-state index in [1.165, 1.54) is 16.5 Å². The number of aromatic nitrogens is 1. The van der Waals surface area contributed by atoms with E-state index in [0.29, 0.717) is 6.42 Å². The second kappa shape index (κ2) is 5.33. The van der Waals surface area contributed by atoms with Gasteiger partial charge in [0.1, 0.15) is 5.78 Å². The van der Waals surface area contributed by atoms with Crippen molar-refractivity contribution >= 4 is 16.7 Å². The first kappa shape index (κ1) is 12.7. The Kier molecular flexibility index (Phi) is 3.38. The molecule has 0 fully saturated rings.